The molecule has 1 aromatic heterocycles. The number of carbonyl (C=O) groups excluding carboxylic acids is 1. The first-order chi connectivity index (χ1) is 13.5. The number of anilines is 1. The number of likely N-dealkylation sites (N-methyl/N-ethyl adjacent to an activating group) is 1. The van der Waals surface area contributed by atoms with Crippen molar-refractivity contribution in [2.45, 2.75) is 27.2 Å². The SMILES string of the molecule is CCN(C(=O)Cc1coc2cc(C)c(Cl)c(C)c12)c1cccc2ccccc12. The average Bonchev–Trinajstić information content (AvgIpc) is 3.09. The van der Waals surface area contributed by atoms with E-state index >= 15 is 0 Å². The van der Waals surface area contributed by atoms with Crippen molar-refractivity contribution in [1.29, 1.82) is 0 Å². The van der Waals surface area contributed by atoms with E-state index in [1.807, 2.05) is 56.0 Å². The maximum Gasteiger partial charge on any atom is 0.231 e. The molecule has 1 heterocycles. The predicted molar refractivity (Wildman–Crippen MR) is 116 cm³/mol. The van der Waals surface area contributed by atoms with Crippen LogP contribution in [0.3, 0.4) is 0 Å². The van der Waals surface area contributed by atoms with Gasteiger partial charge in [0.15, 0.2) is 0 Å². The van der Waals surface area contributed by atoms with Gasteiger partial charge in [-0.25, -0.2) is 0 Å². The van der Waals surface area contributed by atoms with Gasteiger partial charge in [-0.05, 0) is 49.4 Å². The van der Waals surface area contributed by atoms with Crippen molar-refractivity contribution in [3.8, 4) is 0 Å². The van der Waals surface area contributed by atoms with Gasteiger partial charge in [-0.3, -0.25) is 4.79 Å². The average molecular weight is 392 g/mol. The van der Waals surface area contributed by atoms with Crippen molar-refractivity contribution in [1.82, 2.24) is 0 Å². The Labute approximate surface area is 169 Å². The van der Waals surface area contributed by atoms with Crippen molar-refractivity contribution in [2.24, 2.45) is 0 Å². The first-order valence-corrected chi connectivity index (χ1v) is 9.83. The highest BCUT2D eigenvalue weighted by Gasteiger charge is 2.20. The van der Waals surface area contributed by atoms with Gasteiger partial charge in [-0.1, -0.05) is 48.0 Å². The Morgan fingerprint density at radius 3 is 2.64 bits per heavy atom. The van der Waals surface area contributed by atoms with Crippen LogP contribution in [-0.4, -0.2) is 12.5 Å². The van der Waals surface area contributed by atoms with Crippen molar-refractivity contribution in [3.05, 3.63) is 76.5 Å². The zero-order chi connectivity index (χ0) is 19.8. The highest BCUT2D eigenvalue weighted by atomic mass is 35.5. The van der Waals surface area contributed by atoms with Crippen LogP contribution in [0.5, 0.6) is 0 Å². The molecule has 4 aromatic rings. The van der Waals surface area contributed by atoms with E-state index < -0.39 is 0 Å². The Bertz CT molecular complexity index is 1190. The monoisotopic (exact) mass is 391 g/mol. The summed E-state index contributed by atoms with van der Waals surface area (Å²) in [6.07, 6.45) is 1.95. The molecule has 0 bridgehead atoms. The lowest BCUT2D eigenvalue weighted by Gasteiger charge is -2.23. The van der Waals surface area contributed by atoms with Gasteiger partial charge in [-0.15, -0.1) is 0 Å². The van der Waals surface area contributed by atoms with Gasteiger partial charge >= 0.3 is 0 Å². The van der Waals surface area contributed by atoms with Crippen LogP contribution in [0.15, 0.2) is 59.2 Å². The lowest BCUT2D eigenvalue weighted by atomic mass is 10.0. The molecular weight excluding hydrogens is 370 g/mol. The van der Waals surface area contributed by atoms with Gasteiger partial charge in [0.2, 0.25) is 5.91 Å². The molecule has 4 rings (SSSR count). The first kappa shape index (κ1) is 18.6. The Balaban J connectivity index is 1.73. The predicted octanol–water partition coefficient (Wildman–Crippen LogP) is 6.45. The molecular formula is C24H22ClNO2. The van der Waals surface area contributed by atoms with Crippen LogP contribution in [0.2, 0.25) is 5.02 Å². The summed E-state index contributed by atoms with van der Waals surface area (Å²) in [6, 6.07) is 16.1. The fourth-order valence-electron chi connectivity index (χ4n) is 3.92. The number of furan rings is 1. The number of hydrogen-bond acceptors (Lipinski definition) is 2. The maximum atomic E-state index is 13.2. The van der Waals surface area contributed by atoms with E-state index in [2.05, 4.69) is 18.2 Å². The molecule has 0 saturated carbocycles. The molecule has 0 aliphatic heterocycles. The highest BCUT2D eigenvalue weighted by molar-refractivity contribution is 6.33. The summed E-state index contributed by atoms with van der Waals surface area (Å²) in [5, 5.41) is 3.87. The summed E-state index contributed by atoms with van der Waals surface area (Å²) in [6.45, 7) is 6.53. The first-order valence-electron chi connectivity index (χ1n) is 9.45. The number of amides is 1. The minimum absolute atomic E-state index is 0.0395. The summed E-state index contributed by atoms with van der Waals surface area (Å²) in [7, 11) is 0. The Kier molecular flexibility index (Phi) is 4.86. The Morgan fingerprint density at radius 2 is 1.86 bits per heavy atom. The quantitative estimate of drug-likeness (QED) is 0.400. The number of hydrogen-bond donors (Lipinski definition) is 0. The lowest BCUT2D eigenvalue weighted by Crippen LogP contribution is -2.32. The number of halogens is 1. The van der Waals surface area contributed by atoms with E-state index in [1.165, 1.54) is 0 Å². The number of rotatable bonds is 4. The van der Waals surface area contributed by atoms with Crippen molar-refractivity contribution < 1.29 is 9.21 Å². The molecule has 0 radical (unpaired) electrons. The second kappa shape index (κ2) is 7.33. The third kappa shape index (κ3) is 3.06. The summed E-state index contributed by atoms with van der Waals surface area (Å²) < 4.78 is 5.73. The summed E-state index contributed by atoms with van der Waals surface area (Å²) in [4.78, 5) is 15.1. The minimum atomic E-state index is 0.0395. The van der Waals surface area contributed by atoms with Crippen LogP contribution in [0.25, 0.3) is 21.7 Å². The Morgan fingerprint density at radius 1 is 1.11 bits per heavy atom. The van der Waals surface area contributed by atoms with Gasteiger partial charge in [0, 0.05) is 27.9 Å². The number of fused-ring (bicyclic) bond motifs is 2. The molecule has 0 unspecified atom stereocenters. The molecule has 1 amide bonds. The Hall–Kier alpha value is -2.78. The second-order valence-electron chi connectivity index (χ2n) is 7.08. The van der Waals surface area contributed by atoms with Gasteiger partial charge in [-0.2, -0.15) is 0 Å². The van der Waals surface area contributed by atoms with E-state index in [-0.39, 0.29) is 12.3 Å². The lowest BCUT2D eigenvalue weighted by molar-refractivity contribution is -0.117. The van der Waals surface area contributed by atoms with Gasteiger partial charge in [0.1, 0.15) is 5.58 Å². The largest absolute Gasteiger partial charge is 0.464 e. The molecule has 3 aromatic carbocycles. The molecule has 0 saturated heterocycles. The van der Waals surface area contributed by atoms with Crippen LogP contribution >= 0.6 is 11.6 Å². The number of nitrogens with zero attached hydrogens (tertiary/aromatic N) is 1. The van der Waals surface area contributed by atoms with Crippen molar-refractivity contribution in [3.63, 3.8) is 0 Å². The molecule has 0 aliphatic carbocycles. The van der Waals surface area contributed by atoms with Crippen LogP contribution in [0.1, 0.15) is 23.6 Å². The third-order valence-electron chi connectivity index (χ3n) is 5.31. The van der Waals surface area contributed by atoms with Crippen molar-refractivity contribution >= 4 is 44.9 Å². The third-order valence-corrected chi connectivity index (χ3v) is 5.89. The van der Waals surface area contributed by atoms with Crippen LogP contribution in [-0.2, 0) is 11.2 Å². The molecule has 3 nitrogen and oxygen atoms in total. The standard InChI is InChI=1S/C24H22ClNO2/c1-4-26(20-11-7-9-17-8-5-6-10-19(17)20)22(27)13-18-14-28-21-12-15(2)24(25)16(3)23(18)21/h5-12,14H,4,13H2,1-3H3. The number of benzene rings is 3. The zero-order valence-corrected chi connectivity index (χ0v) is 17.0. The summed E-state index contributed by atoms with van der Waals surface area (Å²) in [5.41, 5.74) is 4.52. The minimum Gasteiger partial charge on any atom is -0.464 e. The van der Waals surface area contributed by atoms with E-state index in [0.29, 0.717) is 6.54 Å². The normalized spacial score (nSPS) is 11.3. The molecule has 0 fully saturated rings. The molecule has 0 atom stereocenters. The molecule has 28 heavy (non-hydrogen) atoms. The highest BCUT2D eigenvalue weighted by Crippen LogP contribution is 2.33. The fourth-order valence-corrected chi connectivity index (χ4v) is 4.07. The molecule has 142 valence electrons. The second-order valence-corrected chi connectivity index (χ2v) is 7.46. The van der Waals surface area contributed by atoms with Gasteiger partial charge in [0.25, 0.3) is 0 Å². The summed E-state index contributed by atoms with van der Waals surface area (Å²) >= 11 is 6.44. The van der Waals surface area contributed by atoms with Crippen LogP contribution in [0.4, 0.5) is 5.69 Å². The molecule has 0 spiro atoms. The van der Waals surface area contributed by atoms with Crippen LogP contribution in [0, 0.1) is 13.8 Å². The van der Waals surface area contributed by atoms with E-state index in [0.717, 1.165) is 49.1 Å². The number of carbonyl (C=O) groups is 1. The van der Waals surface area contributed by atoms with Crippen LogP contribution < -0.4 is 4.90 Å². The smallest absolute Gasteiger partial charge is 0.231 e. The van der Waals surface area contributed by atoms with E-state index in [1.54, 1.807) is 6.26 Å². The molecule has 0 aliphatic rings. The van der Waals surface area contributed by atoms with Gasteiger partial charge in [0.05, 0.1) is 18.4 Å². The zero-order valence-electron chi connectivity index (χ0n) is 16.3. The van der Waals surface area contributed by atoms with E-state index in [9.17, 15) is 4.79 Å². The fraction of sp³-hybridized carbons (Fsp3) is 0.208. The molecule has 0 N–H and O–H groups in total. The number of aryl methyl sites for hydroxylation is 2. The van der Waals surface area contributed by atoms with E-state index in [4.69, 9.17) is 16.0 Å². The maximum absolute atomic E-state index is 13.2. The van der Waals surface area contributed by atoms with Gasteiger partial charge < -0.3 is 9.32 Å². The molecule has 4 heteroatoms. The van der Waals surface area contributed by atoms with Crippen molar-refractivity contribution in [2.75, 3.05) is 11.4 Å². The summed E-state index contributed by atoms with van der Waals surface area (Å²) in [5.74, 6) is 0.0395. The topological polar surface area (TPSA) is 33.5 Å².